The van der Waals surface area contributed by atoms with Gasteiger partial charge < -0.3 is 15.1 Å². The number of carbonyl (C=O) groups excluding carboxylic acids is 2. The van der Waals surface area contributed by atoms with Crippen molar-refractivity contribution < 1.29 is 9.59 Å². The first kappa shape index (κ1) is 22.0. The Kier molecular flexibility index (Phi) is 6.22. The van der Waals surface area contributed by atoms with Gasteiger partial charge in [-0.1, -0.05) is 36.4 Å². The van der Waals surface area contributed by atoms with Crippen molar-refractivity contribution in [3.8, 4) is 0 Å². The fraction of sp³-hybridized carbons (Fsp3) is 0.292. The van der Waals surface area contributed by atoms with Crippen molar-refractivity contribution in [2.24, 2.45) is 0 Å². The zero-order valence-electron chi connectivity index (χ0n) is 18.8. The molecule has 1 fully saturated rings. The minimum Gasteiger partial charge on any atom is -0.353 e. The third kappa shape index (κ3) is 4.62. The number of hydrogen-bond acceptors (Lipinski definition) is 7. The van der Waals surface area contributed by atoms with Crippen LogP contribution in [-0.4, -0.2) is 68.5 Å². The van der Waals surface area contributed by atoms with E-state index in [1.54, 1.807) is 10.6 Å². The maximum Gasteiger partial charge on any atom is 0.262 e. The largest absolute Gasteiger partial charge is 0.353 e. The van der Waals surface area contributed by atoms with Crippen molar-refractivity contribution in [1.29, 1.82) is 0 Å². The summed E-state index contributed by atoms with van der Waals surface area (Å²) in [6.45, 7) is 4.34. The number of piperazine rings is 1. The minimum atomic E-state index is -0.631. The molecule has 1 aromatic carbocycles. The molecule has 1 aliphatic heterocycles. The predicted octanol–water partition coefficient (Wildman–Crippen LogP) is 2.18. The second-order valence-electron chi connectivity index (χ2n) is 8.23. The summed E-state index contributed by atoms with van der Waals surface area (Å²) in [5, 5.41) is 9.12. The van der Waals surface area contributed by atoms with E-state index in [4.69, 9.17) is 0 Å². The number of hydrogen-bond donors (Lipinski definition) is 1. The molecular weight excluding hydrogens is 450 g/mol. The molecule has 0 bridgehead atoms. The van der Waals surface area contributed by atoms with E-state index in [2.05, 4.69) is 25.3 Å². The molecule has 34 heavy (non-hydrogen) atoms. The van der Waals surface area contributed by atoms with E-state index in [0.29, 0.717) is 43.3 Å². The number of rotatable bonds is 6. The molecule has 0 saturated carbocycles. The number of carbonyl (C=O) groups is 2. The van der Waals surface area contributed by atoms with Crippen LogP contribution in [-0.2, 0) is 11.2 Å². The third-order valence-corrected chi connectivity index (χ3v) is 6.78. The number of amides is 2. The summed E-state index contributed by atoms with van der Waals surface area (Å²) < 4.78 is 1.73. The number of nitrogens with zero attached hydrogens (tertiary/aromatic N) is 6. The maximum absolute atomic E-state index is 13.5. The highest BCUT2D eigenvalue weighted by atomic mass is 32.1. The fourth-order valence-electron chi connectivity index (χ4n) is 4.20. The smallest absolute Gasteiger partial charge is 0.262 e. The minimum absolute atomic E-state index is 0.0646. The molecule has 1 N–H and O–H groups in total. The molecule has 1 unspecified atom stereocenters. The average Bonchev–Trinajstić information content (AvgIpc) is 3.56. The van der Waals surface area contributed by atoms with Gasteiger partial charge in [-0.3, -0.25) is 9.59 Å². The van der Waals surface area contributed by atoms with Crippen molar-refractivity contribution in [3.05, 3.63) is 76.4 Å². The van der Waals surface area contributed by atoms with Gasteiger partial charge in [0.25, 0.3) is 11.7 Å². The maximum atomic E-state index is 13.5. The van der Waals surface area contributed by atoms with Crippen LogP contribution in [0, 0.1) is 6.92 Å². The van der Waals surface area contributed by atoms with Crippen molar-refractivity contribution in [2.45, 2.75) is 19.4 Å². The molecule has 0 aliphatic carbocycles. The van der Waals surface area contributed by atoms with E-state index in [0.717, 1.165) is 17.1 Å². The summed E-state index contributed by atoms with van der Waals surface area (Å²) in [5.41, 5.74) is 1.88. The van der Waals surface area contributed by atoms with Gasteiger partial charge in [-0.2, -0.15) is 14.6 Å². The van der Waals surface area contributed by atoms with E-state index in [1.165, 1.54) is 17.7 Å². The molecule has 0 spiro atoms. The quantitative estimate of drug-likeness (QED) is 0.459. The zero-order valence-corrected chi connectivity index (χ0v) is 19.6. The Balaban J connectivity index is 1.30. The summed E-state index contributed by atoms with van der Waals surface area (Å²) in [5.74, 6) is 1.20. The fourth-order valence-corrected chi connectivity index (χ4v) is 4.83. The Bertz CT molecular complexity index is 1280. The Labute approximate surface area is 201 Å². The van der Waals surface area contributed by atoms with Gasteiger partial charge in [0.05, 0.1) is 4.88 Å². The molecule has 3 aromatic heterocycles. The number of benzene rings is 1. The van der Waals surface area contributed by atoms with Crippen LogP contribution in [0.2, 0.25) is 0 Å². The highest BCUT2D eigenvalue weighted by Crippen LogP contribution is 2.19. The molecular formula is C24H25N7O2S. The normalized spacial score (nSPS) is 14.9. The van der Waals surface area contributed by atoms with Crippen LogP contribution in [0.1, 0.15) is 20.9 Å². The van der Waals surface area contributed by atoms with E-state index in [-0.39, 0.29) is 11.8 Å². The highest BCUT2D eigenvalue weighted by Gasteiger charge is 2.30. The van der Waals surface area contributed by atoms with Crippen LogP contribution in [0.15, 0.2) is 60.2 Å². The van der Waals surface area contributed by atoms with Gasteiger partial charge in [0.15, 0.2) is 0 Å². The van der Waals surface area contributed by atoms with Crippen LogP contribution in [0.3, 0.4) is 0 Å². The molecule has 174 valence electrons. The summed E-state index contributed by atoms with van der Waals surface area (Å²) in [7, 11) is 0. The lowest BCUT2D eigenvalue weighted by molar-refractivity contribution is -0.133. The van der Waals surface area contributed by atoms with E-state index in [1.807, 2.05) is 59.7 Å². The zero-order chi connectivity index (χ0) is 23.5. The summed E-state index contributed by atoms with van der Waals surface area (Å²) >= 11 is 1.37. The van der Waals surface area contributed by atoms with Crippen molar-refractivity contribution >= 4 is 34.7 Å². The van der Waals surface area contributed by atoms with Gasteiger partial charge in [-0.05, 0) is 23.9 Å². The second-order valence-corrected chi connectivity index (χ2v) is 9.18. The number of anilines is 1. The molecule has 4 heterocycles. The number of thiophene rings is 1. The Morgan fingerprint density at radius 1 is 1.09 bits per heavy atom. The van der Waals surface area contributed by atoms with Crippen molar-refractivity contribution in [2.75, 3.05) is 31.1 Å². The van der Waals surface area contributed by atoms with Gasteiger partial charge in [0, 0.05) is 44.4 Å². The van der Waals surface area contributed by atoms with Crippen LogP contribution in [0.25, 0.3) is 5.78 Å². The van der Waals surface area contributed by atoms with Gasteiger partial charge in [0.1, 0.15) is 18.2 Å². The summed E-state index contributed by atoms with van der Waals surface area (Å²) in [6, 6.07) is 14.7. The Morgan fingerprint density at radius 2 is 1.88 bits per heavy atom. The third-order valence-electron chi connectivity index (χ3n) is 5.91. The van der Waals surface area contributed by atoms with Gasteiger partial charge >= 0.3 is 0 Å². The lowest BCUT2D eigenvalue weighted by Crippen LogP contribution is -2.55. The molecule has 4 aromatic rings. The molecule has 1 aliphatic rings. The number of fused-ring (bicyclic) bond motifs is 1. The molecule has 2 amide bonds. The number of aryl methyl sites for hydroxylation is 1. The Hall–Kier alpha value is -3.79. The lowest BCUT2D eigenvalue weighted by atomic mass is 10.0. The topological polar surface area (TPSA) is 95.7 Å². The highest BCUT2D eigenvalue weighted by molar-refractivity contribution is 7.12. The molecule has 5 rings (SSSR count). The summed E-state index contributed by atoms with van der Waals surface area (Å²) in [4.78, 5) is 39.5. The van der Waals surface area contributed by atoms with Gasteiger partial charge in [-0.25, -0.2) is 4.98 Å². The molecule has 1 saturated heterocycles. The predicted molar refractivity (Wildman–Crippen MR) is 130 cm³/mol. The SMILES string of the molecule is Cc1cc(N2CCN(C(=O)C(Cc3ccccc3)NC(=O)c3cccs3)CC2)n2ncnc2n1. The lowest BCUT2D eigenvalue weighted by Gasteiger charge is -2.37. The van der Waals surface area contributed by atoms with Crippen LogP contribution >= 0.6 is 11.3 Å². The average molecular weight is 476 g/mol. The molecule has 0 radical (unpaired) electrons. The summed E-state index contributed by atoms with van der Waals surface area (Å²) in [6.07, 6.45) is 1.94. The van der Waals surface area contributed by atoms with E-state index < -0.39 is 6.04 Å². The monoisotopic (exact) mass is 475 g/mol. The van der Waals surface area contributed by atoms with Crippen LogP contribution in [0.4, 0.5) is 5.82 Å². The first-order valence-corrected chi connectivity index (χ1v) is 12.1. The molecule has 1 atom stereocenters. The van der Waals surface area contributed by atoms with Crippen LogP contribution < -0.4 is 10.2 Å². The van der Waals surface area contributed by atoms with Crippen molar-refractivity contribution in [3.63, 3.8) is 0 Å². The molecule has 10 heteroatoms. The van der Waals surface area contributed by atoms with Gasteiger partial charge in [-0.15, -0.1) is 11.3 Å². The van der Waals surface area contributed by atoms with Crippen LogP contribution in [0.5, 0.6) is 0 Å². The standard InChI is InChI=1S/C24H25N7O2S/c1-17-14-21(31-24(27-17)25-16-26-31)29-9-11-30(12-10-29)23(33)19(15-18-6-3-2-4-7-18)28-22(32)20-8-5-13-34-20/h2-8,13-14,16,19H,9-12,15H2,1H3,(H,28,32). The van der Waals surface area contributed by atoms with Gasteiger partial charge in [0.2, 0.25) is 5.91 Å². The van der Waals surface area contributed by atoms with E-state index in [9.17, 15) is 9.59 Å². The second kappa shape index (κ2) is 9.60. The first-order valence-electron chi connectivity index (χ1n) is 11.2. The van der Waals surface area contributed by atoms with Crippen molar-refractivity contribution in [1.82, 2.24) is 29.8 Å². The van der Waals surface area contributed by atoms with E-state index >= 15 is 0 Å². The number of aromatic nitrogens is 4. The number of nitrogens with one attached hydrogen (secondary N) is 1. The molecule has 9 nitrogen and oxygen atoms in total. The first-order chi connectivity index (χ1) is 16.6. The Morgan fingerprint density at radius 3 is 2.62 bits per heavy atom.